The number of amides is 2. The van der Waals surface area contributed by atoms with Crippen molar-refractivity contribution in [1.29, 1.82) is 0 Å². The van der Waals surface area contributed by atoms with Gasteiger partial charge in [-0.3, -0.25) is 4.90 Å². The number of para-hydroxylation sites is 2. The number of nitrogens with one attached hydrogen (secondary N) is 1. The van der Waals surface area contributed by atoms with Crippen LogP contribution >= 0.6 is 11.8 Å². The van der Waals surface area contributed by atoms with E-state index in [2.05, 4.69) is 10.5 Å². The molecule has 0 saturated carbocycles. The van der Waals surface area contributed by atoms with Crippen LogP contribution in [0.3, 0.4) is 0 Å². The minimum Gasteiger partial charge on any atom is -0.507 e. The second-order valence-electron chi connectivity index (χ2n) is 5.97. The fourth-order valence-corrected chi connectivity index (χ4v) is 3.92. The summed E-state index contributed by atoms with van der Waals surface area (Å²) < 4.78 is 5.32. The lowest BCUT2D eigenvalue weighted by atomic mass is 10.2. The van der Waals surface area contributed by atoms with E-state index >= 15 is 0 Å². The highest BCUT2D eigenvalue weighted by Crippen LogP contribution is 2.49. The van der Waals surface area contributed by atoms with Gasteiger partial charge in [0.05, 0.1) is 24.7 Å². The van der Waals surface area contributed by atoms with Crippen molar-refractivity contribution in [2.75, 3.05) is 12.0 Å². The normalized spacial score (nSPS) is 12.4. The Hall–Kier alpha value is -3.45. The molecule has 0 spiro atoms. The Bertz CT molecular complexity index is 1070. The van der Waals surface area contributed by atoms with Crippen LogP contribution in [0.1, 0.15) is 5.56 Å². The summed E-state index contributed by atoms with van der Waals surface area (Å²) in [7, 11) is 1.59. The highest BCUT2D eigenvalue weighted by molar-refractivity contribution is 7.99. The number of carbonyl (C=O) groups excluding carboxylic acids is 1. The van der Waals surface area contributed by atoms with Gasteiger partial charge in [-0.1, -0.05) is 36.0 Å². The highest BCUT2D eigenvalue weighted by Gasteiger charge is 2.28. The van der Waals surface area contributed by atoms with Crippen LogP contribution in [0.25, 0.3) is 0 Å². The Morgan fingerprint density at radius 3 is 2.64 bits per heavy atom. The van der Waals surface area contributed by atoms with Gasteiger partial charge in [-0.2, -0.15) is 5.10 Å². The van der Waals surface area contributed by atoms with Crippen LogP contribution in [0.2, 0.25) is 0 Å². The first-order valence-corrected chi connectivity index (χ1v) is 9.35. The molecule has 28 heavy (non-hydrogen) atoms. The molecule has 0 fully saturated rings. The van der Waals surface area contributed by atoms with E-state index in [1.807, 2.05) is 42.5 Å². The predicted octanol–water partition coefficient (Wildman–Crippen LogP) is 4.75. The molecule has 1 heterocycles. The Morgan fingerprint density at radius 1 is 1.07 bits per heavy atom. The van der Waals surface area contributed by atoms with Crippen molar-refractivity contribution in [2.45, 2.75) is 9.79 Å². The highest BCUT2D eigenvalue weighted by atomic mass is 32.2. The fourth-order valence-electron chi connectivity index (χ4n) is 2.88. The number of fused-ring (bicyclic) bond motifs is 2. The zero-order chi connectivity index (χ0) is 19.5. The Morgan fingerprint density at radius 2 is 1.82 bits per heavy atom. The number of methoxy groups -OCH3 is 1. The Balaban J connectivity index is 1.66. The quantitative estimate of drug-likeness (QED) is 0.499. The number of urea groups is 1. The first-order chi connectivity index (χ1) is 13.7. The zero-order valence-electron chi connectivity index (χ0n) is 15.0. The van der Waals surface area contributed by atoms with E-state index in [0.29, 0.717) is 11.3 Å². The molecule has 0 aliphatic carbocycles. The Labute approximate surface area is 166 Å². The van der Waals surface area contributed by atoms with Gasteiger partial charge in [0.1, 0.15) is 11.5 Å². The van der Waals surface area contributed by atoms with E-state index in [0.717, 1.165) is 21.2 Å². The van der Waals surface area contributed by atoms with Gasteiger partial charge in [-0.15, -0.1) is 0 Å². The zero-order valence-corrected chi connectivity index (χ0v) is 15.8. The van der Waals surface area contributed by atoms with Crippen molar-refractivity contribution >= 4 is 35.4 Å². The number of rotatable bonds is 3. The van der Waals surface area contributed by atoms with E-state index in [1.54, 1.807) is 48.0 Å². The fraction of sp³-hybridized carbons (Fsp3) is 0.0476. The van der Waals surface area contributed by atoms with E-state index in [4.69, 9.17) is 4.74 Å². The summed E-state index contributed by atoms with van der Waals surface area (Å²) in [4.78, 5) is 16.5. The number of ether oxygens (including phenoxy) is 1. The number of carbonyl (C=O) groups is 1. The molecule has 6 nitrogen and oxygen atoms in total. The van der Waals surface area contributed by atoms with Crippen molar-refractivity contribution in [1.82, 2.24) is 5.43 Å². The molecule has 0 radical (unpaired) electrons. The third kappa shape index (κ3) is 3.39. The summed E-state index contributed by atoms with van der Waals surface area (Å²) >= 11 is 1.60. The first-order valence-electron chi connectivity index (χ1n) is 8.53. The molecular weight excluding hydrogens is 374 g/mol. The standard InChI is InChI=1S/C21H17N3O3S/c1-27-15-10-11-20-17(12-15)24(16-7-3-5-9-19(16)28-20)21(26)23-22-13-14-6-2-4-8-18(14)25/h2-13,25H,1H3,(H,23,26)/b22-13+. The molecule has 4 rings (SSSR count). The second-order valence-corrected chi connectivity index (χ2v) is 7.06. The molecule has 0 saturated heterocycles. The van der Waals surface area contributed by atoms with Gasteiger partial charge in [-0.05, 0) is 36.4 Å². The summed E-state index contributed by atoms with van der Waals surface area (Å²) in [6.07, 6.45) is 1.41. The summed E-state index contributed by atoms with van der Waals surface area (Å²) in [5.41, 5.74) is 4.54. The van der Waals surface area contributed by atoms with E-state index < -0.39 is 6.03 Å². The lowest BCUT2D eigenvalue weighted by Gasteiger charge is -2.30. The number of hydrogen-bond acceptors (Lipinski definition) is 5. The molecule has 1 aliphatic rings. The van der Waals surface area contributed by atoms with Crippen molar-refractivity contribution in [3.8, 4) is 11.5 Å². The van der Waals surface area contributed by atoms with Crippen molar-refractivity contribution in [3.63, 3.8) is 0 Å². The molecule has 7 heteroatoms. The lowest BCUT2D eigenvalue weighted by molar-refractivity contribution is 0.249. The smallest absolute Gasteiger partial charge is 0.346 e. The van der Waals surface area contributed by atoms with Crippen molar-refractivity contribution in [2.24, 2.45) is 5.10 Å². The summed E-state index contributed by atoms with van der Waals surface area (Å²) in [5, 5.41) is 13.8. The van der Waals surface area contributed by atoms with Crippen LogP contribution in [0, 0.1) is 0 Å². The SMILES string of the molecule is COc1ccc2c(c1)N(C(=O)N/N=C/c1ccccc1O)c1ccccc1S2. The summed E-state index contributed by atoms with van der Waals surface area (Å²) in [5.74, 6) is 0.754. The van der Waals surface area contributed by atoms with Crippen LogP contribution in [-0.2, 0) is 0 Å². The number of hydrogen-bond donors (Lipinski definition) is 2. The molecule has 1 aliphatic heterocycles. The topological polar surface area (TPSA) is 74.2 Å². The third-order valence-corrected chi connectivity index (χ3v) is 5.37. The van der Waals surface area contributed by atoms with Crippen LogP contribution in [-0.4, -0.2) is 24.5 Å². The minimum absolute atomic E-state index is 0.0929. The largest absolute Gasteiger partial charge is 0.507 e. The maximum absolute atomic E-state index is 13.0. The van der Waals surface area contributed by atoms with Crippen LogP contribution < -0.4 is 15.1 Å². The molecule has 0 bridgehead atoms. The van der Waals surface area contributed by atoms with E-state index in [-0.39, 0.29) is 5.75 Å². The number of nitrogens with zero attached hydrogens (tertiary/aromatic N) is 2. The van der Waals surface area contributed by atoms with Gasteiger partial charge in [0, 0.05) is 21.4 Å². The number of anilines is 2. The minimum atomic E-state index is -0.408. The molecule has 2 N–H and O–H groups in total. The molecule has 140 valence electrons. The molecule has 3 aromatic carbocycles. The molecule has 2 amide bonds. The van der Waals surface area contributed by atoms with Crippen molar-refractivity contribution in [3.05, 3.63) is 72.3 Å². The van der Waals surface area contributed by atoms with Crippen LogP contribution in [0.15, 0.2) is 81.6 Å². The predicted molar refractivity (Wildman–Crippen MR) is 110 cm³/mol. The van der Waals surface area contributed by atoms with Gasteiger partial charge in [0.15, 0.2) is 0 Å². The number of aromatic hydroxyl groups is 1. The monoisotopic (exact) mass is 391 g/mol. The first kappa shape index (κ1) is 17.9. The van der Waals surface area contributed by atoms with Crippen LogP contribution in [0.4, 0.5) is 16.2 Å². The van der Waals surface area contributed by atoms with Gasteiger partial charge in [0.25, 0.3) is 0 Å². The lowest BCUT2D eigenvalue weighted by Crippen LogP contribution is -2.35. The maximum Gasteiger partial charge on any atom is 0.346 e. The second kappa shape index (κ2) is 7.66. The summed E-state index contributed by atoms with van der Waals surface area (Å²) in [6, 6.07) is 19.7. The average molecular weight is 391 g/mol. The number of benzene rings is 3. The molecule has 0 aromatic heterocycles. The van der Waals surface area contributed by atoms with Gasteiger partial charge in [0.2, 0.25) is 0 Å². The van der Waals surface area contributed by atoms with Gasteiger partial charge in [-0.25, -0.2) is 10.2 Å². The van der Waals surface area contributed by atoms with E-state index in [1.165, 1.54) is 6.21 Å². The molecular formula is C21H17N3O3S. The number of phenols is 1. The van der Waals surface area contributed by atoms with E-state index in [9.17, 15) is 9.90 Å². The maximum atomic E-state index is 13.0. The van der Waals surface area contributed by atoms with Crippen molar-refractivity contribution < 1.29 is 14.6 Å². The number of phenolic OH excluding ortho intramolecular Hbond substituents is 1. The Kier molecular flexibility index (Phi) is 4.90. The van der Waals surface area contributed by atoms with Gasteiger partial charge >= 0.3 is 6.03 Å². The summed E-state index contributed by atoms with van der Waals surface area (Å²) in [6.45, 7) is 0. The number of hydrazone groups is 1. The molecule has 0 atom stereocenters. The van der Waals surface area contributed by atoms with Gasteiger partial charge < -0.3 is 9.84 Å². The molecule has 3 aromatic rings. The third-order valence-electron chi connectivity index (χ3n) is 4.24. The van der Waals surface area contributed by atoms with Crippen LogP contribution in [0.5, 0.6) is 11.5 Å². The average Bonchev–Trinajstić information content (AvgIpc) is 2.72. The molecule has 0 unspecified atom stereocenters.